The SMILES string of the molecule is C=CCCCC[Si](C)(C)O[Si](C)(C)O[Si](C)(C)O[Si](C)(C)C. The molecule has 22 heavy (non-hydrogen) atoms. The Kier molecular flexibility index (Phi) is 8.73. The van der Waals surface area contributed by atoms with Crippen molar-refractivity contribution in [3.05, 3.63) is 12.7 Å². The van der Waals surface area contributed by atoms with Gasteiger partial charge in [-0.3, -0.25) is 0 Å². The van der Waals surface area contributed by atoms with Crippen molar-refractivity contribution in [1.82, 2.24) is 0 Å². The molecule has 0 spiro atoms. The Morgan fingerprint density at radius 1 is 0.727 bits per heavy atom. The van der Waals surface area contributed by atoms with Crippen molar-refractivity contribution in [1.29, 1.82) is 0 Å². The molecular formula is C15H38O3Si4. The van der Waals surface area contributed by atoms with Gasteiger partial charge in [0.15, 0.2) is 16.6 Å². The first-order valence-electron chi connectivity index (χ1n) is 8.39. The fraction of sp³-hybridized carbons (Fsp3) is 0.867. The minimum atomic E-state index is -2.14. The number of hydrogen-bond acceptors (Lipinski definition) is 3. The highest BCUT2D eigenvalue weighted by molar-refractivity contribution is 6.89. The monoisotopic (exact) mass is 378 g/mol. The Morgan fingerprint density at radius 3 is 1.68 bits per heavy atom. The number of hydrogen-bond donors (Lipinski definition) is 0. The Labute approximate surface area is 143 Å². The van der Waals surface area contributed by atoms with Crippen LogP contribution in [0.5, 0.6) is 0 Å². The first kappa shape index (κ1) is 22.5. The van der Waals surface area contributed by atoms with Gasteiger partial charge in [0.05, 0.1) is 0 Å². The van der Waals surface area contributed by atoms with Crippen molar-refractivity contribution < 1.29 is 12.3 Å². The molecule has 0 unspecified atom stereocenters. The van der Waals surface area contributed by atoms with Crippen LogP contribution in [0.2, 0.25) is 65.0 Å². The third-order valence-corrected chi connectivity index (χ3v) is 17.1. The van der Waals surface area contributed by atoms with E-state index in [4.69, 9.17) is 12.3 Å². The van der Waals surface area contributed by atoms with E-state index in [1.54, 1.807) is 0 Å². The predicted molar refractivity (Wildman–Crippen MR) is 108 cm³/mol. The lowest BCUT2D eigenvalue weighted by molar-refractivity contribution is 0.329. The van der Waals surface area contributed by atoms with E-state index in [9.17, 15) is 0 Å². The second-order valence-electron chi connectivity index (χ2n) is 8.51. The highest BCUT2D eigenvalue weighted by atomic mass is 28.5. The van der Waals surface area contributed by atoms with Gasteiger partial charge in [0.25, 0.3) is 0 Å². The fourth-order valence-electron chi connectivity index (χ4n) is 2.93. The second kappa shape index (κ2) is 8.55. The quantitative estimate of drug-likeness (QED) is 0.257. The van der Waals surface area contributed by atoms with E-state index in [-0.39, 0.29) is 0 Å². The van der Waals surface area contributed by atoms with E-state index >= 15 is 0 Å². The van der Waals surface area contributed by atoms with E-state index in [1.807, 2.05) is 6.08 Å². The van der Waals surface area contributed by atoms with Gasteiger partial charge >= 0.3 is 17.1 Å². The van der Waals surface area contributed by atoms with Gasteiger partial charge in [-0.2, -0.15) is 0 Å². The summed E-state index contributed by atoms with van der Waals surface area (Å²) in [6.07, 6.45) is 5.54. The van der Waals surface area contributed by atoms with Crippen LogP contribution in [0.1, 0.15) is 19.3 Å². The van der Waals surface area contributed by atoms with Crippen LogP contribution in [0.3, 0.4) is 0 Å². The van der Waals surface area contributed by atoms with Crippen LogP contribution in [0.4, 0.5) is 0 Å². The van der Waals surface area contributed by atoms with E-state index in [0.29, 0.717) is 0 Å². The molecule has 0 atom stereocenters. The summed E-state index contributed by atoms with van der Waals surface area (Å²) in [5.41, 5.74) is 0. The molecule has 0 saturated carbocycles. The highest BCUT2D eigenvalue weighted by Gasteiger charge is 2.42. The highest BCUT2D eigenvalue weighted by Crippen LogP contribution is 2.26. The molecule has 0 heterocycles. The topological polar surface area (TPSA) is 27.7 Å². The largest absolute Gasteiger partial charge is 0.437 e. The fourth-order valence-corrected chi connectivity index (χ4v) is 21.5. The molecule has 0 aliphatic rings. The van der Waals surface area contributed by atoms with Crippen LogP contribution in [0, 0.1) is 0 Å². The average molecular weight is 379 g/mol. The van der Waals surface area contributed by atoms with Gasteiger partial charge in [-0.15, -0.1) is 6.58 Å². The van der Waals surface area contributed by atoms with E-state index < -0.39 is 33.8 Å². The van der Waals surface area contributed by atoms with Gasteiger partial charge < -0.3 is 12.3 Å². The van der Waals surface area contributed by atoms with Crippen LogP contribution >= 0.6 is 0 Å². The summed E-state index contributed by atoms with van der Waals surface area (Å²) >= 11 is 0. The van der Waals surface area contributed by atoms with Gasteiger partial charge in [0.1, 0.15) is 0 Å². The first-order valence-corrected chi connectivity index (χ1v) is 20.6. The molecule has 0 aliphatic carbocycles. The molecule has 3 nitrogen and oxygen atoms in total. The molecule has 0 aliphatic heterocycles. The number of rotatable bonds is 11. The van der Waals surface area contributed by atoms with Crippen LogP contribution in [-0.2, 0) is 12.3 Å². The number of unbranched alkanes of at least 4 members (excludes halogenated alkanes) is 2. The maximum atomic E-state index is 6.56. The number of allylic oxidation sites excluding steroid dienone is 1. The molecule has 0 aromatic heterocycles. The molecule has 0 fully saturated rings. The van der Waals surface area contributed by atoms with Crippen LogP contribution in [-0.4, -0.2) is 33.8 Å². The van der Waals surface area contributed by atoms with E-state index in [1.165, 1.54) is 18.9 Å². The zero-order valence-electron chi connectivity index (χ0n) is 16.3. The Balaban J connectivity index is 4.56. The van der Waals surface area contributed by atoms with Gasteiger partial charge in [0, 0.05) is 0 Å². The summed E-state index contributed by atoms with van der Waals surface area (Å²) in [7, 11) is -7.49. The lowest BCUT2D eigenvalue weighted by Gasteiger charge is -2.40. The smallest absolute Gasteiger partial charge is 0.312 e. The molecule has 0 rings (SSSR count). The molecule has 0 bridgehead atoms. The summed E-state index contributed by atoms with van der Waals surface area (Å²) in [6.45, 7) is 23.7. The molecule has 7 heteroatoms. The molecule has 0 radical (unpaired) electrons. The lowest BCUT2D eigenvalue weighted by atomic mass is 10.2. The maximum Gasteiger partial charge on any atom is 0.312 e. The Bertz CT molecular complexity index is 349. The van der Waals surface area contributed by atoms with Crippen molar-refractivity contribution in [3.63, 3.8) is 0 Å². The van der Waals surface area contributed by atoms with Crippen LogP contribution in [0.25, 0.3) is 0 Å². The lowest BCUT2D eigenvalue weighted by Crippen LogP contribution is -2.55. The zero-order valence-corrected chi connectivity index (χ0v) is 20.3. The predicted octanol–water partition coefficient (Wildman–Crippen LogP) is 5.84. The van der Waals surface area contributed by atoms with Crippen LogP contribution in [0.15, 0.2) is 12.7 Å². The summed E-state index contributed by atoms with van der Waals surface area (Å²) in [5.74, 6) is 0. The van der Waals surface area contributed by atoms with Gasteiger partial charge in [-0.1, -0.05) is 18.9 Å². The minimum absolute atomic E-state index is 1.10. The molecular weight excluding hydrogens is 341 g/mol. The third-order valence-electron chi connectivity index (χ3n) is 3.00. The Hall–Kier alpha value is 0.488. The van der Waals surface area contributed by atoms with Gasteiger partial charge in [-0.25, -0.2) is 0 Å². The second-order valence-corrected chi connectivity index (χ2v) is 24.8. The van der Waals surface area contributed by atoms with Crippen molar-refractivity contribution in [3.8, 4) is 0 Å². The zero-order chi connectivity index (χ0) is 17.7. The Morgan fingerprint density at radius 2 is 1.23 bits per heavy atom. The first-order chi connectivity index (χ1) is 9.68. The maximum absolute atomic E-state index is 6.56. The third kappa shape index (κ3) is 12.0. The van der Waals surface area contributed by atoms with E-state index in [2.05, 4.69) is 65.5 Å². The van der Waals surface area contributed by atoms with Gasteiger partial charge in [-0.05, 0) is 71.4 Å². The molecule has 0 aromatic rings. The summed E-state index contributed by atoms with van der Waals surface area (Å²) in [5, 5.41) is 0. The molecule has 0 amide bonds. The normalized spacial score (nSPS) is 14.2. The van der Waals surface area contributed by atoms with Crippen molar-refractivity contribution in [2.75, 3.05) is 0 Å². The van der Waals surface area contributed by atoms with Crippen LogP contribution < -0.4 is 0 Å². The molecule has 0 N–H and O–H groups in total. The van der Waals surface area contributed by atoms with Crippen molar-refractivity contribution in [2.24, 2.45) is 0 Å². The standard InChI is InChI=1S/C15H38O3Si4/c1-11-12-13-14-15-20(5,6)17-22(9,10)18-21(7,8)16-19(2,3)4/h11H,1,12-15H2,2-10H3. The van der Waals surface area contributed by atoms with Crippen molar-refractivity contribution >= 4 is 33.8 Å². The molecule has 0 saturated heterocycles. The van der Waals surface area contributed by atoms with Crippen molar-refractivity contribution in [2.45, 2.75) is 84.2 Å². The summed E-state index contributed by atoms with van der Waals surface area (Å²) < 4.78 is 19.3. The summed E-state index contributed by atoms with van der Waals surface area (Å²) in [6, 6.07) is 1.19. The summed E-state index contributed by atoms with van der Waals surface area (Å²) in [4.78, 5) is 0. The molecule has 0 aromatic carbocycles. The van der Waals surface area contributed by atoms with Gasteiger partial charge in [0.2, 0.25) is 0 Å². The average Bonchev–Trinajstić information content (AvgIpc) is 2.16. The minimum Gasteiger partial charge on any atom is -0.437 e. The molecule has 132 valence electrons. The van der Waals surface area contributed by atoms with E-state index in [0.717, 1.165) is 6.42 Å².